The van der Waals surface area contributed by atoms with Crippen LogP contribution in [0.15, 0.2) is 0 Å². The monoisotopic (exact) mass is 715 g/mol. The first-order valence-electron chi connectivity index (χ1n) is 16.8. The fourth-order valence-electron chi connectivity index (χ4n) is 5.90. The van der Waals surface area contributed by atoms with Crippen LogP contribution in [0.2, 0.25) is 0 Å². The Morgan fingerprint density at radius 2 is 0.462 bits per heavy atom. The van der Waals surface area contributed by atoms with Gasteiger partial charge in [0.05, 0.1) is 49.3 Å². The Balaban J connectivity index is 0. The Bertz CT molecular complexity index is 416. The molecule has 0 bridgehead atoms. The molecule has 0 aliphatic rings. The summed E-state index contributed by atoms with van der Waals surface area (Å²) in [7, 11) is 15.9. The van der Waals surface area contributed by atoms with E-state index in [1.54, 1.807) is 62.1 Å². The van der Waals surface area contributed by atoms with Gasteiger partial charge >= 0.3 is 49.6 Å². The fourth-order valence-corrected chi connectivity index (χ4v) is 16.3. The quantitative estimate of drug-likeness (QED) is 0.0586. The van der Waals surface area contributed by atoms with Crippen molar-refractivity contribution in [3.05, 3.63) is 0 Å². The first-order chi connectivity index (χ1) is 18.6. The van der Waals surface area contributed by atoms with Crippen LogP contribution in [0.3, 0.4) is 0 Å². The van der Waals surface area contributed by atoms with Gasteiger partial charge in [-0.3, -0.25) is 0 Å². The molecule has 0 nitrogen and oxygen atoms in total. The van der Waals surface area contributed by atoms with Crippen molar-refractivity contribution < 1.29 is 9.01 Å². The predicted octanol–water partition coefficient (Wildman–Crippen LogP) is 14.9. The second-order valence-corrected chi connectivity index (χ2v) is 31.3. The second-order valence-electron chi connectivity index (χ2n) is 12.0. The number of rotatable bonds is 27. The van der Waals surface area contributed by atoms with Crippen molar-refractivity contribution in [3.8, 4) is 0 Å². The van der Waals surface area contributed by atoms with Gasteiger partial charge in [0.15, 0.2) is 0 Å². The Hall–Kier alpha value is 2.53. The molecule has 0 aromatic rings. The maximum atomic E-state index is 4.94. The van der Waals surface area contributed by atoms with Crippen LogP contribution >= 0.6 is 55.1 Å². The first kappa shape index (κ1) is 43.7. The summed E-state index contributed by atoms with van der Waals surface area (Å²) in [6.45, 7) is 14.4. The van der Waals surface area contributed by atoms with Crippen molar-refractivity contribution in [2.45, 2.75) is 157 Å². The van der Waals surface area contributed by atoms with Crippen molar-refractivity contribution in [2.24, 2.45) is 0 Å². The molecule has 0 rings (SSSR count). The van der Waals surface area contributed by atoms with E-state index in [-0.39, 0.29) is 0 Å². The average molecular weight is 718 g/mol. The third kappa shape index (κ3) is 29.0. The van der Waals surface area contributed by atoms with Crippen LogP contribution in [0.25, 0.3) is 0 Å². The molecule has 0 fully saturated rings. The van der Waals surface area contributed by atoms with E-state index in [2.05, 4.69) is 41.5 Å². The van der Waals surface area contributed by atoms with Gasteiger partial charge in [0.1, 0.15) is 0 Å². The van der Waals surface area contributed by atoms with E-state index in [0.717, 1.165) is 0 Å². The van der Waals surface area contributed by atoms with Gasteiger partial charge in [0, 0.05) is 14.5 Å². The normalized spacial score (nSPS) is 12.9. The van der Waals surface area contributed by atoms with E-state index in [0.29, 0.717) is 0 Å². The van der Waals surface area contributed by atoms with Crippen LogP contribution in [-0.2, 0) is 9.01 Å². The van der Waals surface area contributed by atoms with Gasteiger partial charge in [-0.2, -0.15) is 0 Å². The molecule has 0 atom stereocenters. The van der Waals surface area contributed by atoms with Crippen LogP contribution in [0.5, 0.6) is 0 Å². The molecule has 0 aliphatic heterocycles. The van der Waals surface area contributed by atoms with Crippen LogP contribution in [0.4, 0.5) is 0 Å². The molecule has 0 saturated heterocycles. The maximum absolute atomic E-state index is 4.94. The Kier molecular flexibility index (Phi) is 32.7. The molecule has 0 heterocycles. The van der Waals surface area contributed by atoms with Crippen molar-refractivity contribution in [2.75, 3.05) is 49.3 Å². The molecular formula is C32H70Cl4CoP2. The zero-order valence-electron chi connectivity index (χ0n) is 27.1. The molecule has 245 valence electrons. The Morgan fingerprint density at radius 3 is 0.641 bits per heavy atom. The van der Waals surface area contributed by atoms with Gasteiger partial charge in [0.2, 0.25) is 0 Å². The van der Waals surface area contributed by atoms with Crippen LogP contribution in [-0.4, -0.2) is 49.3 Å². The SMILES string of the molecule is CCCC[P+](CCCC)(CCCC)CCCCCCCC[P+](CCCC)(CCCC)CCCC.[Cl][Co-2]([Cl])([Cl])[Cl]. The van der Waals surface area contributed by atoms with Crippen molar-refractivity contribution in [1.82, 2.24) is 0 Å². The summed E-state index contributed by atoms with van der Waals surface area (Å²) < 4.78 is 0. The minimum absolute atomic E-state index is 0.657. The Labute approximate surface area is 268 Å². The zero-order chi connectivity index (χ0) is 29.9. The predicted molar refractivity (Wildman–Crippen MR) is 193 cm³/mol. The minimum atomic E-state index is -2.49. The molecule has 0 saturated carbocycles. The van der Waals surface area contributed by atoms with Crippen LogP contribution < -0.4 is 0 Å². The standard InChI is InChI=1S/C32H70P2.4ClH.Co/c1-7-13-25-33(26-14-8-2,27-15-9-3)31-23-21-19-20-22-24-32-34(28-16-10-4,29-17-11-5)30-18-12-6;;;;;/h7-32H2,1-6H3;4*1H;/q+2;;;;;+2/p-4. The summed E-state index contributed by atoms with van der Waals surface area (Å²) in [4.78, 5) is 0. The zero-order valence-corrected chi connectivity index (χ0v) is 33.0. The second kappa shape index (κ2) is 29.2. The summed E-state index contributed by atoms with van der Waals surface area (Å²) >= 11 is 0. The molecule has 0 aromatic heterocycles. The number of unbranched alkanes of at least 4 members (excludes halogenated alkanes) is 11. The van der Waals surface area contributed by atoms with Crippen molar-refractivity contribution >= 4 is 55.1 Å². The molecule has 0 spiro atoms. The van der Waals surface area contributed by atoms with Gasteiger partial charge in [-0.05, 0) is 64.2 Å². The number of halogens is 4. The molecule has 0 aromatic carbocycles. The van der Waals surface area contributed by atoms with Gasteiger partial charge in [-0.25, -0.2) is 0 Å². The molecule has 39 heavy (non-hydrogen) atoms. The molecule has 0 amide bonds. The third-order valence-corrected chi connectivity index (χ3v) is 18.6. The Morgan fingerprint density at radius 1 is 0.308 bits per heavy atom. The molecule has 0 radical (unpaired) electrons. The van der Waals surface area contributed by atoms with Crippen molar-refractivity contribution in [3.63, 3.8) is 0 Å². The summed E-state index contributed by atoms with van der Waals surface area (Å²) in [5.74, 6) is 0. The van der Waals surface area contributed by atoms with Crippen molar-refractivity contribution in [1.29, 1.82) is 0 Å². The van der Waals surface area contributed by atoms with Gasteiger partial charge in [-0.15, -0.1) is 0 Å². The number of hydrogen-bond donors (Lipinski definition) is 0. The van der Waals surface area contributed by atoms with E-state index in [1.807, 2.05) is 0 Å². The third-order valence-electron chi connectivity index (χ3n) is 8.43. The van der Waals surface area contributed by atoms with Gasteiger partial charge in [0.25, 0.3) is 0 Å². The molecule has 0 aliphatic carbocycles. The molecular weight excluding hydrogens is 647 g/mol. The molecule has 7 heteroatoms. The summed E-state index contributed by atoms with van der Waals surface area (Å²) in [5.41, 5.74) is 0. The van der Waals surface area contributed by atoms with Crippen LogP contribution in [0, 0.1) is 0 Å². The average Bonchev–Trinajstić information content (AvgIpc) is 2.90. The molecule has 0 unspecified atom stereocenters. The van der Waals surface area contributed by atoms with Crippen LogP contribution in [0.1, 0.15) is 157 Å². The van der Waals surface area contributed by atoms with Gasteiger partial charge in [-0.1, -0.05) is 92.9 Å². The summed E-state index contributed by atoms with van der Waals surface area (Å²) in [6, 6.07) is 0. The van der Waals surface area contributed by atoms with E-state index < -0.39 is 23.5 Å². The first-order valence-corrected chi connectivity index (χ1v) is 27.6. The van der Waals surface area contributed by atoms with Gasteiger partial charge < -0.3 is 0 Å². The van der Waals surface area contributed by atoms with E-state index in [4.69, 9.17) is 40.6 Å². The molecule has 0 N–H and O–H groups in total. The van der Waals surface area contributed by atoms with E-state index in [1.165, 1.54) is 103 Å². The summed E-state index contributed by atoms with van der Waals surface area (Å²) in [6.07, 6.45) is 39.5. The fraction of sp³-hybridized carbons (Fsp3) is 1.00. The number of hydrogen-bond acceptors (Lipinski definition) is 0. The van der Waals surface area contributed by atoms with E-state index in [9.17, 15) is 0 Å². The summed E-state index contributed by atoms with van der Waals surface area (Å²) in [5, 5.41) is 0. The topological polar surface area (TPSA) is 0 Å². The van der Waals surface area contributed by atoms with E-state index >= 15 is 0 Å².